The van der Waals surface area contributed by atoms with E-state index in [1.807, 2.05) is 27.7 Å². The molecule has 15 heavy (non-hydrogen) atoms. The van der Waals surface area contributed by atoms with Gasteiger partial charge in [-0.2, -0.15) is 0 Å². The number of esters is 1. The Labute approximate surface area is 90.6 Å². The third kappa shape index (κ3) is 2.70. The molecule has 0 aromatic rings. The fourth-order valence-electron chi connectivity index (χ4n) is 1.82. The summed E-state index contributed by atoms with van der Waals surface area (Å²) in [6, 6.07) is -0.420. The van der Waals surface area contributed by atoms with Crippen LogP contribution in [-0.4, -0.2) is 35.5 Å². The lowest BCUT2D eigenvalue weighted by molar-refractivity contribution is -0.162. The van der Waals surface area contributed by atoms with Crippen LogP contribution in [0.3, 0.4) is 0 Å². The number of carbonyl (C=O) groups is 2. The minimum atomic E-state index is -0.497. The summed E-state index contributed by atoms with van der Waals surface area (Å²) in [7, 11) is 1.65. The fourth-order valence-corrected chi connectivity index (χ4v) is 1.82. The van der Waals surface area contributed by atoms with E-state index in [2.05, 4.69) is 0 Å². The summed E-state index contributed by atoms with van der Waals surface area (Å²) in [6.45, 7) is 7.38. The van der Waals surface area contributed by atoms with Gasteiger partial charge in [-0.25, -0.2) is 4.79 Å². The molecule has 1 heterocycles. The van der Waals surface area contributed by atoms with Crippen LogP contribution < -0.4 is 0 Å². The Kier molecular flexibility index (Phi) is 3.07. The van der Waals surface area contributed by atoms with Gasteiger partial charge in [0.15, 0.2) is 0 Å². The second-order valence-corrected chi connectivity index (χ2v) is 5.16. The topological polar surface area (TPSA) is 46.6 Å². The largest absolute Gasteiger partial charge is 0.458 e. The first-order valence-corrected chi connectivity index (χ1v) is 5.21. The standard InChI is InChI=1S/C11H19NO3/c1-7-6-8(13)12(5)9(7)10(14)15-11(2,3)4/h7,9H,6H2,1-5H3/t7-,9-/m0/s1. The first kappa shape index (κ1) is 12.0. The maximum absolute atomic E-state index is 11.8. The van der Waals surface area contributed by atoms with Crippen molar-refractivity contribution in [3.05, 3.63) is 0 Å². The van der Waals surface area contributed by atoms with Gasteiger partial charge in [0.2, 0.25) is 5.91 Å². The second kappa shape index (κ2) is 3.83. The van der Waals surface area contributed by atoms with Gasteiger partial charge in [-0.05, 0) is 26.7 Å². The Morgan fingerprint density at radius 2 is 2.00 bits per heavy atom. The molecular weight excluding hydrogens is 194 g/mol. The van der Waals surface area contributed by atoms with Gasteiger partial charge in [-0.3, -0.25) is 4.79 Å². The van der Waals surface area contributed by atoms with Crippen molar-refractivity contribution in [3.63, 3.8) is 0 Å². The van der Waals surface area contributed by atoms with Crippen LogP contribution in [0.15, 0.2) is 0 Å². The summed E-state index contributed by atoms with van der Waals surface area (Å²) in [5, 5.41) is 0. The number of carbonyl (C=O) groups excluding carboxylic acids is 2. The molecule has 1 aliphatic heterocycles. The molecule has 1 fully saturated rings. The number of likely N-dealkylation sites (tertiary alicyclic amines) is 1. The highest BCUT2D eigenvalue weighted by atomic mass is 16.6. The van der Waals surface area contributed by atoms with E-state index in [9.17, 15) is 9.59 Å². The Morgan fingerprint density at radius 1 is 1.47 bits per heavy atom. The van der Waals surface area contributed by atoms with E-state index < -0.39 is 11.6 Å². The number of hydrogen-bond acceptors (Lipinski definition) is 3. The third-order valence-corrected chi connectivity index (χ3v) is 2.49. The molecule has 2 atom stereocenters. The van der Waals surface area contributed by atoms with E-state index in [0.717, 1.165) is 0 Å². The molecule has 0 aromatic carbocycles. The van der Waals surface area contributed by atoms with Crippen molar-refractivity contribution < 1.29 is 14.3 Å². The highest BCUT2D eigenvalue weighted by Gasteiger charge is 2.41. The van der Waals surface area contributed by atoms with Crippen molar-refractivity contribution in [2.75, 3.05) is 7.05 Å². The average molecular weight is 213 g/mol. The normalized spacial score (nSPS) is 27.0. The zero-order valence-corrected chi connectivity index (χ0v) is 10.0. The molecule has 0 radical (unpaired) electrons. The predicted octanol–water partition coefficient (Wildman–Crippen LogP) is 1.19. The van der Waals surface area contributed by atoms with Gasteiger partial charge in [0, 0.05) is 13.5 Å². The van der Waals surface area contributed by atoms with Gasteiger partial charge in [-0.1, -0.05) is 6.92 Å². The minimum absolute atomic E-state index is 0.0124. The zero-order valence-electron chi connectivity index (χ0n) is 10.0. The van der Waals surface area contributed by atoms with E-state index >= 15 is 0 Å². The lowest BCUT2D eigenvalue weighted by Gasteiger charge is -2.26. The van der Waals surface area contributed by atoms with Crippen molar-refractivity contribution >= 4 is 11.9 Å². The maximum atomic E-state index is 11.8. The van der Waals surface area contributed by atoms with Gasteiger partial charge < -0.3 is 9.64 Å². The van der Waals surface area contributed by atoms with E-state index in [0.29, 0.717) is 6.42 Å². The van der Waals surface area contributed by atoms with Crippen molar-refractivity contribution in [3.8, 4) is 0 Å². The molecule has 0 spiro atoms. The molecule has 1 rings (SSSR count). The SMILES string of the molecule is C[C@H]1CC(=O)N(C)[C@@H]1C(=O)OC(C)(C)C. The molecule has 0 aromatic heterocycles. The van der Waals surface area contributed by atoms with Crippen molar-refractivity contribution in [2.24, 2.45) is 5.92 Å². The molecule has 4 nitrogen and oxygen atoms in total. The van der Waals surface area contributed by atoms with Gasteiger partial charge in [0.1, 0.15) is 11.6 Å². The molecule has 0 N–H and O–H groups in total. The summed E-state index contributed by atoms with van der Waals surface area (Å²) in [4.78, 5) is 24.7. The first-order chi connectivity index (χ1) is 6.72. The minimum Gasteiger partial charge on any atom is -0.458 e. The van der Waals surface area contributed by atoms with Crippen LogP contribution in [0, 0.1) is 5.92 Å². The summed E-state index contributed by atoms with van der Waals surface area (Å²) in [5.41, 5.74) is -0.497. The van der Waals surface area contributed by atoms with Crippen LogP contribution >= 0.6 is 0 Å². The molecule has 4 heteroatoms. The van der Waals surface area contributed by atoms with Crippen molar-refractivity contribution in [1.82, 2.24) is 4.90 Å². The predicted molar refractivity (Wildman–Crippen MR) is 56.2 cm³/mol. The molecule has 0 aliphatic carbocycles. The molecule has 0 saturated carbocycles. The molecule has 1 amide bonds. The monoisotopic (exact) mass is 213 g/mol. The molecule has 1 aliphatic rings. The number of hydrogen-bond donors (Lipinski definition) is 0. The van der Waals surface area contributed by atoms with Crippen LogP contribution in [0.1, 0.15) is 34.1 Å². The Bertz CT molecular complexity index is 280. The molecule has 0 bridgehead atoms. The average Bonchev–Trinajstić information content (AvgIpc) is 2.22. The molecule has 1 saturated heterocycles. The van der Waals surface area contributed by atoms with Gasteiger partial charge in [-0.15, -0.1) is 0 Å². The zero-order chi connectivity index (χ0) is 11.8. The van der Waals surface area contributed by atoms with Crippen LogP contribution in [0.2, 0.25) is 0 Å². The van der Waals surface area contributed by atoms with Gasteiger partial charge in [0.05, 0.1) is 0 Å². The van der Waals surface area contributed by atoms with Crippen LogP contribution in [0.5, 0.6) is 0 Å². The van der Waals surface area contributed by atoms with Crippen molar-refractivity contribution in [2.45, 2.75) is 45.8 Å². The maximum Gasteiger partial charge on any atom is 0.329 e. The summed E-state index contributed by atoms with van der Waals surface area (Å²) in [5.74, 6) is -0.251. The number of rotatable bonds is 1. The van der Waals surface area contributed by atoms with Gasteiger partial charge in [0.25, 0.3) is 0 Å². The summed E-state index contributed by atoms with van der Waals surface area (Å²) < 4.78 is 5.28. The fraction of sp³-hybridized carbons (Fsp3) is 0.818. The Hall–Kier alpha value is -1.06. The lowest BCUT2D eigenvalue weighted by Crippen LogP contribution is -2.42. The lowest BCUT2D eigenvalue weighted by atomic mass is 10.0. The quantitative estimate of drug-likeness (QED) is 0.615. The molecular formula is C11H19NO3. The number of ether oxygens (including phenoxy) is 1. The van der Waals surface area contributed by atoms with E-state index in [1.165, 1.54) is 4.90 Å². The van der Waals surface area contributed by atoms with Crippen LogP contribution in [0.4, 0.5) is 0 Å². The Balaban J connectivity index is 2.72. The number of amides is 1. The van der Waals surface area contributed by atoms with E-state index in [-0.39, 0.29) is 17.8 Å². The highest BCUT2D eigenvalue weighted by Crippen LogP contribution is 2.25. The second-order valence-electron chi connectivity index (χ2n) is 5.16. The molecule has 86 valence electrons. The van der Waals surface area contributed by atoms with Crippen LogP contribution in [0.25, 0.3) is 0 Å². The van der Waals surface area contributed by atoms with Gasteiger partial charge >= 0.3 is 5.97 Å². The number of likely N-dealkylation sites (N-methyl/N-ethyl adjacent to an activating group) is 1. The van der Waals surface area contributed by atoms with Crippen molar-refractivity contribution in [1.29, 1.82) is 0 Å². The first-order valence-electron chi connectivity index (χ1n) is 5.21. The smallest absolute Gasteiger partial charge is 0.329 e. The Morgan fingerprint density at radius 3 is 2.33 bits per heavy atom. The molecule has 0 unspecified atom stereocenters. The summed E-state index contributed by atoms with van der Waals surface area (Å²) >= 11 is 0. The van der Waals surface area contributed by atoms with E-state index in [4.69, 9.17) is 4.74 Å². The van der Waals surface area contributed by atoms with Crippen LogP contribution in [-0.2, 0) is 14.3 Å². The number of nitrogens with zero attached hydrogens (tertiary/aromatic N) is 1. The van der Waals surface area contributed by atoms with E-state index in [1.54, 1.807) is 7.05 Å². The highest BCUT2D eigenvalue weighted by molar-refractivity contribution is 5.88. The third-order valence-electron chi connectivity index (χ3n) is 2.49. The summed E-state index contributed by atoms with van der Waals surface area (Å²) in [6.07, 6.45) is 0.431.